The quantitative estimate of drug-likeness (QED) is 0.273. The maximum absolute atomic E-state index is 14.1. The van der Waals surface area contributed by atoms with Crippen LogP contribution in [0.1, 0.15) is 66.1 Å². The molecule has 4 bridgehead atoms. The number of carbonyl (C=O) groups excluding carboxylic acids is 4. The number of aliphatic hydroxyl groups is 1. The van der Waals surface area contributed by atoms with E-state index < -0.39 is 71.8 Å². The minimum atomic E-state index is -1.86. The molecular formula is C36H50ClN3O11. The van der Waals surface area contributed by atoms with Crippen LogP contribution in [0.3, 0.4) is 0 Å². The lowest BCUT2D eigenvalue weighted by molar-refractivity contribution is -0.157. The Kier molecular flexibility index (Phi) is 12.5. The summed E-state index contributed by atoms with van der Waals surface area (Å²) in [6.07, 6.45) is -0.457. The van der Waals surface area contributed by atoms with Crippen molar-refractivity contribution in [2.75, 3.05) is 33.3 Å². The topological polar surface area (TPSA) is 174 Å². The number of amides is 3. The molecule has 1 aromatic rings. The SMILES string of the molecule is COc1cc2cc(c1Cl)N(C)C(=O)C[C@H](OC(=O)[C@H](C)NC(=O)C(C)C)[C@]1(C)O[C@H]1[C@H](C)[C@@H]1C[C@@](O)(NC(=O)O1)[C@H](OC)C=CC=C(C)[C@H]2OC. The molecule has 14 nitrogen and oxygen atoms in total. The van der Waals surface area contributed by atoms with Crippen LogP contribution in [0.15, 0.2) is 35.9 Å². The first kappa shape index (κ1) is 40.1. The lowest BCUT2D eigenvalue weighted by Gasteiger charge is -2.42. The number of anilines is 1. The fourth-order valence-electron chi connectivity index (χ4n) is 6.58. The second-order valence-corrected chi connectivity index (χ2v) is 14.2. The van der Waals surface area contributed by atoms with Crippen LogP contribution in [0, 0.1) is 11.8 Å². The van der Waals surface area contributed by atoms with Gasteiger partial charge in [-0.1, -0.05) is 50.6 Å². The monoisotopic (exact) mass is 735 g/mol. The number of esters is 1. The molecule has 282 valence electrons. The Labute approximate surface area is 303 Å². The Morgan fingerprint density at radius 1 is 1.16 bits per heavy atom. The summed E-state index contributed by atoms with van der Waals surface area (Å²) in [5.74, 6) is -2.20. The van der Waals surface area contributed by atoms with Gasteiger partial charge >= 0.3 is 12.1 Å². The highest BCUT2D eigenvalue weighted by Crippen LogP contribution is 2.49. The molecule has 0 unspecified atom stereocenters. The zero-order chi connectivity index (χ0) is 38.0. The van der Waals surface area contributed by atoms with E-state index in [4.69, 9.17) is 40.0 Å². The maximum atomic E-state index is 14.1. The Morgan fingerprint density at radius 2 is 1.84 bits per heavy atom. The van der Waals surface area contributed by atoms with Crippen LogP contribution in [0.2, 0.25) is 5.02 Å². The molecule has 3 N–H and O–H groups in total. The third-order valence-corrected chi connectivity index (χ3v) is 10.2. The molecule has 9 atom stereocenters. The van der Waals surface area contributed by atoms with E-state index in [1.54, 1.807) is 65.1 Å². The number of epoxide rings is 1. The van der Waals surface area contributed by atoms with Gasteiger partial charge in [-0.05, 0) is 44.0 Å². The van der Waals surface area contributed by atoms with Gasteiger partial charge in [0.1, 0.15) is 46.8 Å². The Morgan fingerprint density at radius 3 is 2.45 bits per heavy atom. The molecule has 4 rings (SSSR count). The summed E-state index contributed by atoms with van der Waals surface area (Å²) >= 11 is 6.77. The van der Waals surface area contributed by atoms with E-state index in [2.05, 4.69) is 10.6 Å². The number of rotatable bonds is 7. The van der Waals surface area contributed by atoms with Gasteiger partial charge in [-0.25, -0.2) is 9.59 Å². The number of allylic oxidation sites excluding steroid dienone is 2. The van der Waals surface area contributed by atoms with Crippen molar-refractivity contribution in [1.29, 1.82) is 0 Å². The summed E-state index contributed by atoms with van der Waals surface area (Å²) in [7, 11) is 5.95. The standard InChI is InChI=1S/C36H50ClN3O11/c1-18(2)32(42)38-21(5)33(43)50-27-16-28(41)40(7)23-14-22(15-24(46-8)29(23)37)30(48-10)19(3)12-11-13-26(47-9)36(45)17-25(49-34(44)39-36)20(4)31-35(27,6)51-31/h11-15,18,20-21,25-27,30-31,45H,16-17H2,1-10H3,(H,38,42)(H,39,44)/t20-,21+,25+,26-,27+,30-,31+,35+,36+/m1/s1. The van der Waals surface area contributed by atoms with Crippen molar-refractivity contribution in [3.8, 4) is 5.75 Å². The molecule has 15 heteroatoms. The number of fused-ring (bicyclic) bond motifs is 5. The minimum Gasteiger partial charge on any atom is -0.495 e. The molecule has 0 radical (unpaired) electrons. The van der Waals surface area contributed by atoms with Gasteiger partial charge in [0, 0.05) is 39.5 Å². The molecule has 0 spiro atoms. The van der Waals surface area contributed by atoms with E-state index in [0.717, 1.165) is 5.57 Å². The molecule has 0 aromatic heterocycles. The average molecular weight is 736 g/mol. The molecule has 2 saturated heterocycles. The van der Waals surface area contributed by atoms with E-state index in [-0.39, 0.29) is 29.7 Å². The van der Waals surface area contributed by atoms with Crippen molar-refractivity contribution in [2.24, 2.45) is 11.8 Å². The van der Waals surface area contributed by atoms with Crippen LogP contribution in [0.25, 0.3) is 0 Å². The molecule has 51 heavy (non-hydrogen) atoms. The number of alkyl carbamates (subject to hydrolysis) is 1. The van der Waals surface area contributed by atoms with Crippen molar-refractivity contribution in [1.82, 2.24) is 10.6 Å². The molecular weight excluding hydrogens is 686 g/mol. The Balaban J connectivity index is 1.82. The van der Waals surface area contributed by atoms with Crippen molar-refractivity contribution < 1.29 is 52.7 Å². The molecule has 3 aliphatic rings. The van der Waals surface area contributed by atoms with Gasteiger partial charge in [0.05, 0.1) is 25.3 Å². The molecule has 3 amide bonds. The molecule has 3 heterocycles. The summed E-state index contributed by atoms with van der Waals surface area (Å²) in [6, 6.07) is 2.40. The summed E-state index contributed by atoms with van der Waals surface area (Å²) in [5.41, 5.74) is -1.39. The molecule has 1 aromatic carbocycles. The minimum absolute atomic E-state index is 0.0728. The molecule has 3 aliphatic heterocycles. The second kappa shape index (κ2) is 15.9. The third kappa shape index (κ3) is 8.52. The average Bonchev–Trinajstić information content (AvgIpc) is 3.77. The predicted octanol–water partition coefficient (Wildman–Crippen LogP) is 3.97. The number of hydrogen-bond acceptors (Lipinski definition) is 11. The number of benzene rings is 1. The number of halogens is 1. The van der Waals surface area contributed by atoms with Crippen LogP contribution in [0.4, 0.5) is 10.5 Å². The van der Waals surface area contributed by atoms with E-state index in [1.807, 2.05) is 6.92 Å². The fourth-order valence-corrected chi connectivity index (χ4v) is 6.89. The van der Waals surface area contributed by atoms with Crippen molar-refractivity contribution in [3.05, 3.63) is 46.5 Å². The van der Waals surface area contributed by atoms with Gasteiger partial charge in [0.15, 0.2) is 5.72 Å². The number of methoxy groups -OCH3 is 3. The summed E-state index contributed by atoms with van der Waals surface area (Å²) in [5, 5.41) is 17.0. The highest BCUT2D eigenvalue weighted by molar-refractivity contribution is 6.35. The van der Waals surface area contributed by atoms with Crippen molar-refractivity contribution in [2.45, 2.75) is 102 Å². The largest absolute Gasteiger partial charge is 0.495 e. The first-order chi connectivity index (χ1) is 23.9. The summed E-state index contributed by atoms with van der Waals surface area (Å²) in [6.45, 7) is 10.2. The van der Waals surface area contributed by atoms with Gasteiger partial charge in [-0.2, -0.15) is 0 Å². The van der Waals surface area contributed by atoms with E-state index >= 15 is 0 Å². The van der Waals surface area contributed by atoms with Gasteiger partial charge < -0.3 is 43.7 Å². The van der Waals surface area contributed by atoms with Gasteiger partial charge in [0.25, 0.3) is 0 Å². The van der Waals surface area contributed by atoms with E-state index in [1.165, 1.54) is 33.2 Å². The van der Waals surface area contributed by atoms with Crippen molar-refractivity contribution in [3.63, 3.8) is 0 Å². The number of hydrogen-bond donors (Lipinski definition) is 3. The van der Waals surface area contributed by atoms with Crippen LogP contribution < -0.4 is 20.3 Å². The van der Waals surface area contributed by atoms with Crippen LogP contribution in [-0.4, -0.2) is 99.1 Å². The maximum Gasteiger partial charge on any atom is 0.409 e. The predicted molar refractivity (Wildman–Crippen MR) is 187 cm³/mol. The highest BCUT2D eigenvalue weighted by Gasteiger charge is 2.64. The number of carbonyl (C=O) groups is 4. The summed E-state index contributed by atoms with van der Waals surface area (Å²) < 4.78 is 34.9. The third-order valence-electron chi connectivity index (χ3n) is 9.86. The molecule has 0 aliphatic carbocycles. The smallest absolute Gasteiger partial charge is 0.409 e. The van der Waals surface area contributed by atoms with Crippen LogP contribution in [-0.2, 0) is 38.1 Å². The molecule has 2 fully saturated rings. The first-order valence-electron chi connectivity index (χ1n) is 16.8. The van der Waals surface area contributed by atoms with Gasteiger partial charge in [-0.3, -0.25) is 14.9 Å². The lowest BCUT2D eigenvalue weighted by atomic mass is 9.83. The number of nitrogens with zero attached hydrogens (tertiary/aromatic N) is 1. The van der Waals surface area contributed by atoms with E-state index in [0.29, 0.717) is 17.0 Å². The van der Waals surface area contributed by atoms with Crippen LogP contribution in [0.5, 0.6) is 5.75 Å². The highest BCUT2D eigenvalue weighted by atomic mass is 35.5. The molecule has 0 saturated carbocycles. The lowest BCUT2D eigenvalue weighted by Crippen LogP contribution is -2.63. The summed E-state index contributed by atoms with van der Waals surface area (Å²) in [4.78, 5) is 54.1. The van der Waals surface area contributed by atoms with Crippen molar-refractivity contribution >= 4 is 41.2 Å². The Hall–Kier alpha value is -3.69. The zero-order valence-corrected chi connectivity index (χ0v) is 31.5. The van der Waals surface area contributed by atoms with Gasteiger partial charge in [0.2, 0.25) is 11.8 Å². The van der Waals surface area contributed by atoms with Gasteiger partial charge in [-0.15, -0.1) is 0 Å². The number of ether oxygens (including phenoxy) is 6. The fraction of sp³-hybridized carbons (Fsp3) is 0.611. The normalized spacial score (nSPS) is 31.9. The van der Waals surface area contributed by atoms with Crippen LogP contribution >= 0.6 is 11.6 Å². The van der Waals surface area contributed by atoms with E-state index in [9.17, 15) is 24.3 Å². The zero-order valence-electron chi connectivity index (χ0n) is 30.8. The first-order valence-corrected chi connectivity index (χ1v) is 17.2. The second-order valence-electron chi connectivity index (χ2n) is 13.9. The Bertz CT molecular complexity index is 1570. The number of nitrogens with one attached hydrogen (secondary N) is 2.